The molecule has 1 fully saturated rings. The van der Waals surface area contributed by atoms with Crippen molar-refractivity contribution in [2.75, 3.05) is 6.54 Å². The molecule has 0 unspecified atom stereocenters. The summed E-state index contributed by atoms with van der Waals surface area (Å²) in [4.78, 5) is 0. The standard InChI is InChI=1S/C11H19N3O/c1-2-12-8-11-14-13-10(15-11)7-9-5-3-4-6-9/h9,12H,2-8H2,1H3. The predicted octanol–water partition coefficient (Wildman–Crippen LogP) is 1.91. The molecule has 0 atom stereocenters. The summed E-state index contributed by atoms with van der Waals surface area (Å²) < 4.78 is 5.56. The van der Waals surface area contributed by atoms with E-state index in [1.54, 1.807) is 0 Å². The zero-order valence-corrected chi connectivity index (χ0v) is 9.33. The fraction of sp³-hybridized carbons (Fsp3) is 0.818. The van der Waals surface area contributed by atoms with Gasteiger partial charge in [0.1, 0.15) is 0 Å². The third-order valence-corrected chi connectivity index (χ3v) is 2.97. The summed E-state index contributed by atoms with van der Waals surface area (Å²) in [7, 11) is 0. The van der Waals surface area contributed by atoms with Gasteiger partial charge in [0.25, 0.3) is 0 Å². The minimum absolute atomic E-state index is 0.689. The number of rotatable bonds is 5. The van der Waals surface area contributed by atoms with Crippen LogP contribution in [0.3, 0.4) is 0 Å². The number of nitrogens with zero attached hydrogens (tertiary/aromatic N) is 2. The average molecular weight is 209 g/mol. The Morgan fingerprint density at radius 2 is 2.00 bits per heavy atom. The Labute approximate surface area is 90.5 Å². The van der Waals surface area contributed by atoms with Crippen LogP contribution in [0.1, 0.15) is 44.4 Å². The Balaban J connectivity index is 1.83. The number of hydrogen-bond acceptors (Lipinski definition) is 4. The van der Waals surface area contributed by atoms with Crippen molar-refractivity contribution in [3.63, 3.8) is 0 Å². The van der Waals surface area contributed by atoms with Crippen LogP contribution in [0.15, 0.2) is 4.42 Å². The summed E-state index contributed by atoms with van der Waals surface area (Å²) in [5.41, 5.74) is 0. The van der Waals surface area contributed by atoms with Gasteiger partial charge in [-0.15, -0.1) is 10.2 Å². The molecular formula is C11H19N3O. The van der Waals surface area contributed by atoms with Crippen molar-refractivity contribution in [1.82, 2.24) is 15.5 Å². The second-order valence-corrected chi connectivity index (χ2v) is 4.22. The molecular weight excluding hydrogens is 190 g/mol. The van der Waals surface area contributed by atoms with Gasteiger partial charge in [-0.05, 0) is 25.3 Å². The highest BCUT2D eigenvalue weighted by molar-refractivity contribution is 4.85. The molecule has 0 amide bonds. The number of aromatic nitrogens is 2. The van der Waals surface area contributed by atoms with Crippen molar-refractivity contribution in [1.29, 1.82) is 0 Å². The van der Waals surface area contributed by atoms with E-state index in [0.717, 1.165) is 24.8 Å². The highest BCUT2D eigenvalue weighted by atomic mass is 16.4. The molecule has 0 saturated heterocycles. The molecule has 84 valence electrons. The molecule has 1 aliphatic carbocycles. The van der Waals surface area contributed by atoms with Crippen LogP contribution in [0.4, 0.5) is 0 Å². The summed E-state index contributed by atoms with van der Waals surface area (Å²) in [6.45, 7) is 3.68. The Morgan fingerprint density at radius 3 is 2.73 bits per heavy atom. The Morgan fingerprint density at radius 1 is 1.27 bits per heavy atom. The second-order valence-electron chi connectivity index (χ2n) is 4.22. The van der Waals surface area contributed by atoms with E-state index in [2.05, 4.69) is 22.4 Å². The molecule has 4 heteroatoms. The first-order valence-corrected chi connectivity index (χ1v) is 5.90. The Kier molecular flexibility index (Phi) is 3.72. The largest absolute Gasteiger partial charge is 0.424 e. The zero-order valence-electron chi connectivity index (χ0n) is 9.33. The maximum absolute atomic E-state index is 5.56. The summed E-state index contributed by atoms with van der Waals surface area (Å²) in [5, 5.41) is 11.3. The maximum atomic E-state index is 5.56. The molecule has 0 radical (unpaired) electrons. The fourth-order valence-corrected chi connectivity index (χ4v) is 2.14. The summed E-state index contributed by atoms with van der Waals surface area (Å²) >= 11 is 0. The van der Waals surface area contributed by atoms with Crippen molar-refractivity contribution in [3.05, 3.63) is 11.8 Å². The van der Waals surface area contributed by atoms with E-state index in [-0.39, 0.29) is 0 Å². The zero-order chi connectivity index (χ0) is 10.5. The Hall–Kier alpha value is -0.900. The Bertz CT molecular complexity index is 292. The van der Waals surface area contributed by atoms with Crippen LogP contribution >= 0.6 is 0 Å². The first-order chi connectivity index (χ1) is 7.38. The second kappa shape index (κ2) is 5.26. The first kappa shape index (κ1) is 10.6. The fourth-order valence-electron chi connectivity index (χ4n) is 2.14. The molecule has 1 heterocycles. The van der Waals surface area contributed by atoms with Crippen LogP contribution in [0, 0.1) is 5.92 Å². The maximum Gasteiger partial charge on any atom is 0.230 e. The molecule has 1 N–H and O–H groups in total. The minimum atomic E-state index is 0.689. The topological polar surface area (TPSA) is 51.0 Å². The van der Waals surface area contributed by atoms with Gasteiger partial charge < -0.3 is 9.73 Å². The molecule has 1 saturated carbocycles. The van der Waals surface area contributed by atoms with E-state index < -0.39 is 0 Å². The van der Waals surface area contributed by atoms with Crippen molar-refractivity contribution in [3.8, 4) is 0 Å². The first-order valence-electron chi connectivity index (χ1n) is 5.90. The normalized spacial score (nSPS) is 17.4. The molecule has 0 aromatic carbocycles. The lowest BCUT2D eigenvalue weighted by Gasteiger charge is -2.03. The highest BCUT2D eigenvalue weighted by Crippen LogP contribution is 2.27. The molecule has 0 bridgehead atoms. The van der Waals surface area contributed by atoms with Gasteiger partial charge in [0.15, 0.2) is 0 Å². The summed E-state index contributed by atoms with van der Waals surface area (Å²) in [5.74, 6) is 2.30. The van der Waals surface area contributed by atoms with Gasteiger partial charge in [-0.1, -0.05) is 19.8 Å². The van der Waals surface area contributed by atoms with Gasteiger partial charge in [-0.2, -0.15) is 0 Å². The van der Waals surface area contributed by atoms with Crippen LogP contribution in [0.5, 0.6) is 0 Å². The number of nitrogens with one attached hydrogen (secondary N) is 1. The monoisotopic (exact) mass is 209 g/mol. The van der Waals surface area contributed by atoms with Crippen LogP contribution in [-0.4, -0.2) is 16.7 Å². The number of hydrogen-bond donors (Lipinski definition) is 1. The van der Waals surface area contributed by atoms with E-state index in [1.807, 2.05) is 0 Å². The highest BCUT2D eigenvalue weighted by Gasteiger charge is 2.18. The van der Waals surface area contributed by atoms with Crippen molar-refractivity contribution in [2.45, 2.75) is 45.6 Å². The molecule has 15 heavy (non-hydrogen) atoms. The van der Waals surface area contributed by atoms with E-state index in [9.17, 15) is 0 Å². The molecule has 4 nitrogen and oxygen atoms in total. The molecule has 0 spiro atoms. The third-order valence-electron chi connectivity index (χ3n) is 2.97. The summed E-state index contributed by atoms with van der Waals surface area (Å²) in [6.07, 6.45) is 6.35. The van der Waals surface area contributed by atoms with E-state index in [4.69, 9.17) is 4.42 Å². The van der Waals surface area contributed by atoms with E-state index >= 15 is 0 Å². The van der Waals surface area contributed by atoms with Gasteiger partial charge in [-0.25, -0.2) is 0 Å². The predicted molar refractivity (Wildman–Crippen MR) is 57.3 cm³/mol. The van der Waals surface area contributed by atoms with Gasteiger partial charge in [0.05, 0.1) is 6.54 Å². The van der Waals surface area contributed by atoms with Gasteiger partial charge in [0, 0.05) is 6.42 Å². The SMILES string of the molecule is CCNCc1nnc(CC2CCCC2)o1. The van der Waals surface area contributed by atoms with E-state index in [0.29, 0.717) is 12.4 Å². The van der Waals surface area contributed by atoms with Crippen molar-refractivity contribution < 1.29 is 4.42 Å². The smallest absolute Gasteiger partial charge is 0.230 e. The lowest BCUT2D eigenvalue weighted by atomic mass is 10.0. The average Bonchev–Trinajstić information content (AvgIpc) is 2.87. The van der Waals surface area contributed by atoms with Gasteiger partial charge in [-0.3, -0.25) is 0 Å². The lowest BCUT2D eigenvalue weighted by molar-refractivity contribution is 0.399. The summed E-state index contributed by atoms with van der Waals surface area (Å²) in [6, 6.07) is 0. The minimum Gasteiger partial charge on any atom is -0.424 e. The van der Waals surface area contributed by atoms with Gasteiger partial charge in [0.2, 0.25) is 11.8 Å². The molecule has 1 aromatic heterocycles. The van der Waals surface area contributed by atoms with Crippen LogP contribution < -0.4 is 5.32 Å². The molecule has 0 aliphatic heterocycles. The van der Waals surface area contributed by atoms with Crippen molar-refractivity contribution >= 4 is 0 Å². The van der Waals surface area contributed by atoms with E-state index in [1.165, 1.54) is 25.7 Å². The van der Waals surface area contributed by atoms with Crippen LogP contribution in [0.25, 0.3) is 0 Å². The lowest BCUT2D eigenvalue weighted by Crippen LogP contribution is -2.11. The van der Waals surface area contributed by atoms with Crippen molar-refractivity contribution in [2.24, 2.45) is 5.92 Å². The molecule has 2 rings (SSSR count). The van der Waals surface area contributed by atoms with Crippen LogP contribution in [-0.2, 0) is 13.0 Å². The van der Waals surface area contributed by atoms with Gasteiger partial charge >= 0.3 is 0 Å². The molecule has 1 aromatic rings. The quantitative estimate of drug-likeness (QED) is 0.804. The van der Waals surface area contributed by atoms with Crippen LogP contribution in [0.2, 0.25) is 0 Å². The molecule has 1 aliphatic rings. The third kappa shape index (κ3) is 3.02.